The molecule has 0 aliphatic heterocycles. The number of methoxy groups -OCH3 is 1. The summed E-state index contributed by atoms with van der Waals surface area (Å²) in [5.74, 6) is 0.0174. The van der Waals surface area contributed by atoms with Gasteiger partial charge in [0.1, 0.15) is 24.1 Å². The summed E-state index contributed by atoms with van der Waals surface area (Å²) in [6.07, 6.45) is 0. The largest absolute Gasteiger partial charge is 0.497 e. The summed E-state index contributed by atoms with van der Waals surface area (Å²) >= 11 is 0. The first kappa shape index (κ1) is 30.5. The number of para-hydroxylation sites is 2. The molecule has 0 saturated heterocycles. The lowest BCUT2D eigenvalue weighted by Crippen LogP contribution is -2.52. The third-order valence-corrected chi connectivity index (χ3v) is 7.90. The third-order valence-electron chi connectivity index (χ3n) is 6.13. The summed E-state index contributed by atoms with van der Waals surface area (Å²) in [7, 11) is -2.64. The van der Waals surface area contributed by atoms with Crippen molar-refractivity contribution in [2.45, 2.75) is 51.2 Å². The third kappa shape index (κ3) is 7.53. The maximum Gasteiger partial charge on any atom is 0.264 e. The van der Waals surface area contributed by atoms with Crippen LogP contribution in [0.15, 0.2) is 83.8 Å². The number of anilines is 1. The van der Waals surface area contributed by atoms with Crippen LogP contribution < -0.4 is 19.1 Å². The summed E-state index contributed by atoms with van der Waals surface area (Å²) in [6, 6.07) is 20.7. The number of rotatable bonds is 13. The molecule has 10 heteroatoms. The lowest BCUT2D eigenvalue weighted by atomic mass is 10.1. The molecule has 0 aliphatic rings. The van der Waals surface area contributed by atoms with E-state index in [0.717, 1.165) is 9.87 Å². The Balaban J connectivity index is 2.08. The van der Waals surface area contributed by atoms with Crippen LogP contribution in [0.2, 0.25) is 0 Å². The Kier molecular flexibility index (Phi) is 10.6. The van der Waals surface area contributed by atoms with Crippen LogP contribution in [0, 0.1) is 0 Å². The molecule has 3 aromatic carbocycles. The molecule has 3 aromatic rings. The topological polar surface area (TPSA) is 105 Å². The zero-order chi connectivity index (χ0) is 29.3. The molecule has 2 amide bonds. The van der Waals surface area contributed by atoms with Crippen molar-refractivity contribution in [2.75, 3.05) is 24.6 Å². The van der Waals surface area contributed by atoms with E-state index in [1.54, 1.807) is 81.6 Å². The Morgan fingerprint density at radius 2 is 1.60 bits per heavy atom. The summed E-state index contributed by atoms with van der Waals surface area (Å²) < 4.78 is 40.0. The zero-order valence-corrected chi connectivity index (χ0v) is 24.4. The molecule has 0 heterocycles. The molecular formula is C30H37N3O6S. The quantitative estimate of drug-likeness (QED) is 0.332. The summed E-state index contributed by atoms with van der Waals surface area (Å²) in [5, 5.41) is 2.84. The van der Waals surface area contributed by atoms with Gasteiger partial charge >= 0.3 is 0 Å². The Morgan fingerprint density at radius 3 is 2.25 bits per heavy atom. The van der Waals surface area contributed by atoms with E-state index in [1.165, 1.54) is 17.0 Å². The molecule has 3 rings (SSSR count). The molecule has 0 saturated carbocycles. The van der Waals surface area contributed by atoms with Crippen molar-refractivity contribution in [3.8, 4) is 11.5 Å². The number of nitrogens with zero attached hydrogens (tertiary/aromatic N) is 2. The summed E-state index contributed by atoms with van der Waals surface area (Å²) in [6.45, 7) is 6.90. The number of sulfonamides is 1. The highest BCUT2D eigenvalue weighted by Crippen LogP contribution is 2.33. The molecule has 0 unspecified atom stereocenters. The van der Waals surface area contributed by atoms with Crippen molar-refractivity contribution in [3.63, 3.8) is 0 Å². The fourth-order valence-electron chi connectivity index (χ4n) is 4.13. The van der Waals surface area contributed by atoms with Gasteiger partial charge in [-0.05, 0) is 69.7 Å². The molecule has 1 atom stereocenters. The maximum absolute atomic E-state index is 14.0. The van der Waals surface area contributed by atoms with Gasteiger partial charge in [0.15, 0.2) is 0 Å². The van der Waals surface area contributed by atoms with E-state index in [-0.39, 0.29) is 29.1 Å². The van der Waals surface area contributed by atoms with Gasteiger partial charge in [-0.2, -0.15) is 0 Å². The summed E-state index contributed by atoms with van der Waals surface area (Å²) in [5.41, 5.74) is 0.950. The average Bonchev–Trinajstić information content (AvgIpc) is 2.95. The van der Waals surface area contributed by atoms with Gasteiger partial charge in [0, 0.05) is 12.6 Å². The van der Waals surface area contributed by atoms with Crippen LogP contribution in [-0.2, 0) is 26.2 Å². The number of benzene rings is 3. The number of hydrogen-bond acceptors (Lipinski definition) is 6. The van der Waals surface area contributed by atoms with Crippen LogP contribution in [0.4, 0.5) is 5.69 Å². The SMILES string of the molecule is CCOc1ccccc1N(CC(=O)N(Cc1cccc(OC)c1)[C@H](C)C(=O)NC(C)C)S(=O)(=O)c1ccccc1. The van der Waals surface area contributed by atoms with Crippen molar-refractivity contribution in [1.82, 2.24) is 10.2 Å². The Labute approximate surface area is 236 Å². The van der Waals surface area contributed by atoms with E-state index in [0.29, 0.717) is 18.1 Å². The Bertz CT molecular complexity index is 1400. The molecule has 1 N–H and O–H groups in total. The van der Waals surface area contributed by atoms with Crippen molar-refractivity contribution in [1.29, 1.82) is 0 Å². The minimum Gasteiger partial charge on any atom is -0.497 e. The lowest BCUT2D eigenvalue weighted by Gasteiger charge is -2.32. The highest BCUT2D eigenvalue weighted by atomic mass is 32.2. The minimum absolute atomic E-state index is 0.0269. The van der Waals surface area contributed by atoms with Gasteiger partial charge in [-0.3, -0.25) is 13.9 Å². The van der Waals surface area contributed by atoms with Crippen LogP contribution >= 0.6 is 0 Å². The molecular weight excluding hydrogens is 530 g/mol. The highest BCUT2D eigenvalue weighted by molar-refractivity contribution is 7.92. The van der Waals surface area contributed by atoms with Crippen LogP contribution in [0.5, 0.6) is 11.5 Å². The van der Waals surface area contributed by atoms with Crippen LogP contribution in [-0.4, -0.2) is 57.5 Å². The normalized spacial score (nSPS) is 11.9. The second-order valence-electron chi connectivity index (χ2n) is 9.44. The van der Waals surface area contributed by atoms with Gasteiger partial charge in [0.25, 0.3) is 10.0 Å². The lowest BCUT2D eigenvalue weighted by molar-refractivity contribution is -0.139. The molecule has 9 nitrogen and oxygen atoms in total. The maximum atomic E-state index is 14.0. The zero-order valence-electron chi connectivity index (χ0n) is 23.5. The minimum atomic E-state index is -4.19. The standard InChI is InChI=1S/C30H37N3O6S/c1-6-39-28-18-11-10-17-27(28)33(40(36,37)26-15-8-7-9-16-26)21-29(34)32(23(4)30(35)31-22(2)3)20-24-13-12-14-25(19-24)38-5/h7-19,22-23H,6,20-21H2,1-5H3,(H,31,35)/t23-/m1/s1. The van der Waals surface area contributed by atoms with E-state index < -0.39 is 28.5 Å². The molecule has 0 aliphatic carbocycles. The molecule has 40 heavy (non-hydrogen) atoms. The first-order chi connectivity index (χ1) is 19.1. The van der Waals surface area contributed by atoms with Crippen molar-refractivity contribution >= 4 is 27.5 Å². The second-order valence-corrected chi connectivity index (χ2v) is 11.3. The molecule has 0 radical (unpaired) electrons. The van der Waals surface area contributed by atoms with Gasteiger partial charge in [-0.1, -0.05) is 42.5 Å². The van der Waals surface area contributed by atoms with Crippen LogP contribution in [0.3, 0.4) is 0 Å². The summed E-state index contributed by atoms with van der Waals surface area (Å²) in [4.78, 5) is 28.5. The van der Waals surface area contributed by atoms with Crippen LogP contribution in [0.1, 0.15) is 33.3 Å². The number of hydrogen-bond donors (Lipinski definition) is 1. The molecule has 0 fully saturated rings. The first-order valence-electron chi connectivity index (χ1n) is 13.1. The van der Waals surface area contributed by atoms with Gasteiger partial charge in [-0.15, -0.1) is 0 Å². The van der Waals surface area contributed by atoms with Crippen molar-refractivity contribution in [3.05, 3.63) is 84.4 Å². The molecule has 0 bridgehead atoms. The number of nitrogens with one attached hydrogen (secondary N) is 1. The van der Waals surface area contributed by atoms with E-state index in [1.807, 2.05) is 19.9 Å². The van der Waals surface area contributed by atoms with Crippen LogP contribution in [0.25, 0.3) is 0 Å². The fraction of sp³-hybridized carbons (Fsp3) is 0.333. The smallest absolute Gasteiger partial charge is 0.264 e. The van der Waals surface area contributed by atoms with Gasteiger partial charge < -0.3 is 19.7 Å². The monoisotopic (exact) mass is 567 g/mol. The van der Waals surface area contributed by atoms with E-state index in [9.17, 15) is 18.0 Å². The Morgan fingerprint density at radius 1 is 0.925 bits per heavy atom. The van der Waals surface area contributed by atoms with E-state index in [2.05, 4.69) is 5.32 Å². The van der Waals surface area contributed by atoms with E-state index in [4.69, 9.17) is 9.47 Å². The van der Waals surface area contributed by atoms with Crippen molar-refractivity contribution in [2.24, 2.45) is 0 Å². The number of carbonyl (C=O) groups excluding carboxylic acids is 2. The number of carbonyl (C=O) groups is 2. The number of ether oxygens (including phenoxy) is 2. The van der Waals surface area contributed by atoms with Crippen molar-refractivity contribution < 1.29 is 27.5 Å². The van der Waals surface area contributed by atoms with E-state index >= 15 is 0 Å². The van der Waals surface area contributed by atoms with Gasteiger partial charge in [-0.25, -0.2) is 8.42 Å². The molecule has 0 spiro atoms. The Hall–Kier alpha value is -4.05. The van der Waals surface area contributed by atoms with Gasteiger partial charge in [0.2, 0.25) is 11.8 Å². The predicted molar refractivity (Wildman–Crippen MR) is 155 cm³/mol. The predicted octanol–water partition coefficient (Wildman–Crippen LogP) is 4.23. The second kappa shape index (κ2) is 13.8. The average molecular weight is 568 g/mol. The fourth-order valence-corrected chi connectivity index (χ4v) is 5.57. The number of amides is 2. The molecule has 0 aromatic heterocycles. The molecule has 214 valence electrons. The highest BCUT2D eigenvalue weighted by Gasteiger charge is 2.33. The first-order valence-corrected chi connectivity index (χ1v) is 14.5. The van der Waals surface area contributed by atoms with Gasteiger partial charge in [0.05, 0.1) is 24.3 Å².